The lowest BCUT2D eigenvalue weighted by Crippen LogP contribution is -2.22. The van der Waals surface area contributed by atoms with E-state index in [1.165, 1.54) is 11.1 Å². The van der Waals surface area contributed by atoms with Crippen molar-refractivity contribution in [2.24, 2.45) is 0 Å². The molecule has 0 amide bonds. The molecule has 0 aromatic heterocycles. The largest absolute Gasteiger partial charge is 0.229 e. The molecule has 0 radical (unpaired) electrons. The molecular formula is C12H15BrO2S. The fourth-order valence-electron chi connectivity index (χ4n) is 2.15. The van der Waals surface area contributed by atoms with Gasteiger partial charge < -0.3 is 0 Å². The average molecular weight is 303 g/mol. The molecule has 0 aliphatic carbocycles. The molecule has 1 saturated heterocycles. The first-order valence-corrected chi connectivity index (χ1v) is 8.06. The Kier molecular flexibility index (Phi) is 3.40. The SMILES string of the molecule is Cc1cc(C2CCS(=O)(=O)CC2)ccc1Br. The van der Waals surface area contributed by atoms with Gasteiger partial charge in [-0.15, -0.1) is 0 Å². The van der Waals surface area contributed by atoms with Crippen LogP contribution in [0.3, 0.4) is 0 Å². The maximum Gasteiger partial charge on any atom is 0.150 e. The van der Waals surface area contributed by atoms with Crippen molar-refractivity contribution < 1.29 is 8.42 Å². The van der Waals surface area contributed by atoms with E-state index in [0.717, 1.165) is 17.3 Å². The Bertz CT molecular complexity index is 480. The first-order valence-electron chi connectivity index (χ1n) is 5.44. The number of aryl methyl sites for hydroxylation is 1. The summed E-state index contributed by atoms with van der Waals surface area (Å²) < 4.78 is 23.8. The fraction of sp³-hybridized carbons (Fsp3) is 0.500. The summed E-state index contributed by atoms with van der Waals surface area (Å²) in [6.07, 6.45) is 1.53. The van der Waals surface area contributed by atoms with Crippen LogP contribution in [0.15, 0.2) is 22.7 Å². The first-order chi connectivity index (χ1) is 7.48. The van der Waals surface area contributed by atoms with E-state index in [9.17, 15) is 8.42 Å². The molecule has 16 heavy (non-hydrogen) atoms. The van der Waals surface area contributed by atoms with Crippen molar-refractivity contribution in [2.75, 3.05) is 11.5 Å². The van der Waals surface area contributed by atoms with Crippen molar-refractivity contribution in [3.8, 4) is 0 Å². The second kappa shape index (κ2) is 4.49. The van der Waals surface area contributed by atoms with E-state index < -0.39 is 9.84 Å². The highest BCUT2D eigenvalue weighted by molar-refractivity contribution is 9.10. The third-order valence-electron chi connectivity index (χ3n) is 3.21. The summed E-state index contributed by atoms with van der Waals surface area (Å²) in [5.41, 5.74) is 2.49. The van der Waals surface area contributed by atoms with Crippen LogP contribution in [-0.2, 0) is 9.84 Å². The van der Waals surface area contributed by atoms with Crippen LogP contribution in [0.25, 0.3) is 0 Å². The Balaban J connectivity index is 2.17. The van der Waals surface area contributed by atoms with Crippen LogP contribution in [-0.4, -0.2) is 19.9 Å². The number of rotatable bonds is 1. The van der Waals surface area contributed by atoms with E-state index >= 15 is 0 Å². The van der Waals surface area contributed by atoms with Crippen molar-refractivity contribution in [3.63, 3.8) is 0 Å². The van der Waals surface area contributed by atoms with E-state index in [2.05, 4.69) is 35.0 Å². The van der Waals surface area contributed by atoms with Gasteiger partial charge in [-0.2, -0.15) is 0 Å². The van der Waals surface area contributed by atoms with E-state index in [1.807, 2.05) is 6.07 Å². The molecule has 4 heteroatoms. The van der Waals surface area contributed by atoms with Gasteiger partial charge >= 0.3 is 0 Å². The predicted octanol–water partition coefficient (Wildman–Crippen LogP) is 3.05. The lowest BCUT2D eigenvalue weighted by atomic mass is 9.92. The Labute approximate surface area is 105 Å². The Morgan fingerprint density at radius 3 is 2.44 bits per heavy atom. The molecule has 0 atom stereocenters. The molecule has 88 valence electrons. The Morgan fingerprint density at radius 2 is 1.88 bits per heavy atom. The van der Waals surface area contributed by atoms with Crippen LogP contribution in [0, 0.1) is 6.92 Å². The van der Waals surface area contributed by atoms with Gasteiger partial charge in [0.2, 0.25) is 0 Å². The zero-order valence-corrected chi connectivity index (χ0v) is 11.6. The monoisotopic (exact) mass is 302 g/mol. The summed E-state index contributed by atoms with van der Waals surface area (Å²) >= 11 is 3.48. The first kappa shape index (κ1) is 12.1. The molecule has 0 N–H and O–H groups in total. The smallest absolute Gasteiger partial charge is 0.150 e. The van der Waals surface area contributed by atoms with Gasteiger partial charge in [0, 0.05) is 4.47 Å². The number of benzene rings is 1. The van der Waals surface area contributed by atoms with Crippen LogP contribution >= 0.6 is 15.9 Å². The van der Waals surface area contributed by atoms with E-state index in [1.54, 1.807) is 0 Å². The molecule has 1 aromatic carbocycles. The minimum Gasteiger partial charge on any atom is -0.229 e. The van der Waals surface area contributed by atoms with Crippen molar-refractivity contribution in [1.29, 1.82) is 0 Å². The van der Waals surface area contributed by atoms with Crippen molar-refractivity contribution in [3.05, 3.63) is 33.8 Å². The maximum atomic E-state index is 11.3. The van der Waals surface area contributed by atoms with Gasteiger partial charge in [0.05, 0.1) is 11.5 Å². The van der Waals surface area contributed by atoms with Crippen LogP contribution < -0.4 is 0 Å². The fourth-order valence-corrected chi connectivity index (χ4v) is 3.88. The van der Waals surface area contributed by atoms with Gasteiger partial charge in [0.1, 0.15) is 9.84 Å². The van der Waals surface area contributed by atoms with Gasteiger partial charge in [-0.05, 0) is 42.9 Å². The summed E-state index contributed by atoms with van der Waals surface area (Å²) in [4.78, 5) is 0. The van der Waals surface area contributed by atoms with Crippen LogP contribution in [0.2, 0.25) is 0 Å². The van der Waals surface area contributed by atoms with Crippen LogP contribution in [0.5, 0.6) is 0 Å². The molecule has 0 unspecified atom stereocenters. The highest BCUT2D eigenvalue weighted by atomic mass is 79.9. The van der Waals surface area contributed by atoms with Gasteiger partial charge in [-0.3, -0.25) is 0 Å². The normalized spacial score (nSPS) is 20.9. The standard InChI is InChI=1S/C12H15BrO2S/c1-9-8-11(2-3-12(9)13)10-4-6-16(14,15)7-5-10/h2-3,8,10H,4-7H2,1H3. The van der Waals surface area contributed by atoms with Crippen LogP contribution in [0.1, 0.15) is 29.9 Å². The predicted molar refractivity (Wildman–Crippen MR) is 69.5 cm³/mol. The molecular weight excluding hydrogens is 288 g/mol. The van der Waals surface area contributed by atoms with Crippen molar-refractivity contribution in [2.45, 2.75) is 25.7 Å². The second-order valence-corrected chi connectivity index (χ2v) is 7.59. The number of halogens is 1. The molecule has 2 rings (SSSR count). The molecule has 0 bridgehead atoms. The van der Waals surface area contributed by atoms with E-state index in [4.69, 9.17) is 0 Å². The molecule has 2 nitrogen and oxygen atoms in total. The quantitative estimate of drug-likeness (QED) is 0.799. The molecule has 1 heterocycles. The highest BCUT2D eigenvalue weighted by Gasteiger charge is 2.24. The zero-order valence-electron chi connectivity index (χ0n) is 9.24. The molecule has 1 aliphatic rings. The maximum absolute atomic E-state index is 11.3. The minimum absolute atomic E-state index is 0.340. The lowest BCUT2D eigenvalue weighted by Gasteiger charge is -2.22. The Hall–Kier alpha value is -0.350. The molecule has 1 aliphatic heterocycles. The van der Waals surface area contributed by atoms with E-state index in [0.29, 0.717) is 17.4 Å². The molecule has 0 spiro atoms. The zero-order chi connectivity index (χ0) is 11.8. The van der Waals surface area contributed by atoms with Gasteiger partial charge in [-0.1, -0.05) is 28.1 Å². The molecule has 0 saturated carbocycles. The Morgan fingerprint density at radius 1 is 1.25 bits per heavy atom. The highest BCUT2D eigenvalue weighted by Crippen LogP contribution is 2.31. The average Bonchev–Trinajstić information content (AvgIpc) is 2.22. The van der Waals surface area contributed by atoms with Crippen LogP contribution in [0.4, 0.5) is 0 Å². The number of hydrogen-bond donors (Lipinski definition) is 0. The third kappa shape index (κ3) is 2.66. The molecule has 1 aromatic rings. The summed E-state index contributed by atoms with van der Waals surface area (Å²) in [6.45, 7) is 2.06. The third-order valence-corrected chi connectivity index (χ3v) is 5.81. The topological polar surface area (TPSA) is 34.1 Å². The second-order valence-electron chi connectivity index (χ2n) is 4.43. The molecule has 1 fully saturated rings. The van der Waals surface area contributed by atoms with E-state index in [-0.39, 0.29) is 0 Å². The van der Waals surface area contributed by atoms with Gasteiger partial charge in [-0.25, -0.2) is 8.42 Å². The summed E-state index contributed by atoms with van der Waals surface area (Å²) in [6, 6.07) is 6.31. The van der Waals surface area contributed by atoms with Crippen molar-refractivity contribution in [1.82, 2.24) is 0 Å². The summed E-state index contributed by atoms with van der Waals surface area (Å²) in [5, 5.41) is 0. The summed E-state index contributed by atoms with van der Waals surface area (Å²) in [7, 11) is -2.75. The lowest BCUT2D eigenvalue weighted by molar-refractivity contribution is 0.550. The summed E-state index contributed by atoms with van der Waals surface area (Å²) in [5.74, 6) is 1.09. The van der Waals surface area contributed by atoms with Gasteiger partial charge in [0.15, 0.2) is 0 Å². The minimum atomic E-state index is -2.75. The van der Waals surface area contributed by atoms with Gasteiger partial charge in [0.25, 0.3) is 0 Å². The van der Waals surface area contributed by atoms with Crippen molar-refractivity contribution >= 4 is 25.8 Å². The number of sulfone groups is 1. The number of hydrogen-bond acceptors (Lipinski definition) is 2.